The summed E-state index contributed by atoms with van der Waals surface area (Å²) < 4.78 is 5.84. The molecule has 1 amide bonds. The Kier molecular flexibility index (Phi) is 8.15. The van der Waals surface area contributed by atoms with Crippen molar-refractivity contribution in [2.45, 2.75) is 58.0 Å². The van der Waals surface area contributed by atoms with Crippen LogP contribution in [0.4, 0.5) is 0 Å². The predicted octanol–water partition coefficient (Wildman–Crippen LogP) is 4.02. The lowest BCUT2D eigenvalue weighted by atomic mass is 9.98. The molecule has 2 N–H and O–H groups in total. The third kappa shape index (κ3) is 6.46. The maximum atomic E-state index is 10.6. The number of aromatic nitrogens is 3. The Hall–Kier alpha value is -2.72. The van der Waals surface area contributed by atoms with Crippen LogP contribution in [-0.2, 0) is 0 Å². The fraction of sp³-hybridized carbons (Fsp3) is 0.450. The first-order valence-corrected chi connectivity index (χ1v) is 9.64. The highest BCUT2D eigenvalue weighted by atomic mass is 35.5. The second-order valence-electron chi connectivity index (χ2n) is 6.85. The molecular weight excluding hydrogens is 378 g/mol. The number of nitrogens with zero attached hydrogens (tertiary/aromatic N) is 4. The van der Waals surface area contributed by atoms with Crippen molar-refractivity contribution < 1.29 is 9.53 Å². The molecule has 1 heterocycles. The summed E-state index contributed by atoms with van der Waals surface area (Å²) in [6.07, 6.45) is 7.70. The van der Waals surface area contributed by atoms with Crippen LogP contribution in [0.3, 0.4) is 0 Å². The van der Waals surface area contributed by atoms with Crippen LogP contribution < -0.4 is 10.5 Å². The third-order valence-electron chi connectivity index (χ3n) is 4.26. The molecular formula is C20H24ClN5O2. The van der Waals surface area contributed by atoms with E-state index in [4.69, 9.17) is 27.3 Å². The van der Waals surface area contributed by atoms with Crippen LogP contribution in [0.15, 0.2) is 24.4 Å². The van der Waals surface area contributed by atoms with E-state index in [0.717, 1.165) is 18.6 Å². The van der Waals surface area contributed by atoms with E-state index < -0.39 is 5.91 Å². The number of primary amides is 1. The predicted molar refractivity (Wildman–Crippen MR) is 106 cm³/mol. The van der Waals surface area contributed by atoms with Gasteiger partial charge in [-0.05, 0) is 37.8 Å². The highest BCUT2D eigenvalue weighted by Gasteiger charge is 2.15. The second kappa shape index (κ2) is 10.6. The van der Waals surface area contributed by atoms with E-state index >= 15 is 0 Å². The molecule has 1 aromatic carbocycles. The number of amides is 1. The van der Waals surface area contributed by atoms with E-state index in [2.05, 4.69) is 15.2 Å². The number of rotatable bonds is 4. The second-order valence-corrected chi connectivity index (χ2v) is 7.26. The molecule has 28 heavy (non-hydrogen) atoms. The Morgan fingerprint density at radius 2 is 2.00 bits per heavy atom. The number of hydrogen-bond acceptors (Lipinski definition) is 6. The highest BCUT2D eigenvalue weighted by Crippen LogP contribution is 2.26. The number of carbonyl (C=O) groups excluding carboxylic acids is 1. The van der Waals surface area contributed by atoms with Gasteiger partial charge in [-0.1, -0.05) is 31.9 Å². The quantitative estimate of drug-likeness (QED) is 0.827. The van der Waals surface area contributed by atoms with Crippen LogP contribution in [0, 0.1) is 11.3 Å². The Morgan fingerprint density at radius 3 is 2.50 bits per heavy atom. The number of ether oxygens (including phenoxy) is 1. The Balaban J connectivity index is 0.000000209. The van der Waals surface area contributed by atoms with Gasteiger partial charge in [0.25, 0.3) is 5.91 Å². The van der Waals surface area contributed by atoms with Gasteiger partial charge in [0.1, 0.15) is 11.8 Å². The summed E-state index contributed by atoms with van der Waals surface area (Å²) in [5.41, 5.74) is 5.55. The van der Waals surface area contributed by atoms with Crippen molar-refractivity contribution in [1.82, 2.24) is 15.2 Å². The zero-order valence-electron chi connectivity index (χ0n) is 16.1. The summed E-state index contributed by atoms with van der Waals surface area (Å²) in [6.45, 7) is 3.89. The monoisotopic (exact) mass is 401 g/mol. The molecule has 0 unspecified atom stereocenters. The number of benzene rings is 1. The van der Waals surface area contributed by atoms with Gasteiger partial charge in [-0.3, -0.25) is 4.79 Å². The van der Waals surface area contributed by atoms with E-state index in [9.17, 15) is 4.79 Å². The molecule has 0 bridgehead atoms. The summed E-state index contributed by atoms with van der Waals surface area (Å²) in [6, 6.07) is 7.30. The zero-order valence-corrected chi connectivity index (χ0v) is 16.8. The standard InChI is InChI=1S/C13H14ClNO.C7H10N4O/c14-13-8-12(7-6-10(13)9-15)16-11-4-2-1-3-5-11;1-4(2)7-9-3-5(6(8)12)10-11-7/h6-8,11H,1-5H2;3-4H,1-2H3,(H2,8,12). The molecule has 3 rings (SSSR count). The number of nitriles is 1. The van der Waals surface area contributed by atoms with Crippen LogP contribution in [0.5, 0.6) is 5.75 Å². The SMILES string of the molecule is CC(C)c1ncc(C(N)=O)nn1.N#Cc1ccc(OC2CCCCC2)cc1Cl. The molecule has 0 saturated heterocycles. The molecule has 2 aromatic rings. The molecule has 7 nitrogen and oxygen atoms in total. The molecule has 8 heteroatoms. The van der Waals surface area contributed by atoms with Crippen molar-refractivity contribution >= 4 is 17.5 Å². The number of carbonyl (C=O) groups is 1. The van der Waals surface area contributed by atoms with E-state index in [1.807, 2.05) is 26.0 Å². The molecule has 148 valence electrons. The average molecular weight is 402 g/mol. The minimum Gasteiger partial charge on any atom is -0.490 e. The maximum absolute atomic E-state index is 10.6. The fourth-order valence-electron chi connectivity index (χ4n) is 2.70. The van der Waals surface area contributed by atoms with Gasteiger partial charge >= 0.3 is 0 Å². The van der Waals surface area contributed by atoms with Crippen LogP contribution >= 0.6 is 11.6 Å². The topological polar surface area (TPSA) is 115 Å². The molecule has 0 spiro atoms. The molecule has 1 aliphatic carbocycles. The average Bonchev–Trinajstić information content (AvgIpc) is 2.69. The molecule has 1 saturated carbocycles. The van der Waals surface area contributed by atoms with Gasteiger partial charge in [0, 0.05) is 12.0 Å². The number of nitrogens with two attached hydrogens (primary N) is 1. The summed E-state index contributed by atoms with van der Waals surface area (Å²) in [5.74, 6) is 0.987. The van der Waals surface area contributed by atoms with E-state index in [1.165, 1.54) is 25.5 Å². The van der Waals surface area contributed by atoms with Crippen molar-refractivity contribution in [2.75, 3.05) is 0 Å². The summed E-state index contributed by atoms with van der Waals surface area (Å²) in [4.78, 5) is 14.5. The van der Waals surface area contributed by atoms with Gasteiger partial charge in [-0.25, -0.2) is 4.98 Å². The van der Waals surface area contributed by atoms with Gasteiger partial charge < -0.3 is 10.5 Å². The first-order valence-electron chi connectivity index (χ1n) is 9.26. The van der Waals surface area contributed by atoms with Gasteiger partial charge in [-0.15, -0.1) is 10.2 Å². The maximum Gasteiger partial charge on any atom is 0.270 e. The van der Waals surface area contributed by atoms with Crippen molar-refractivity contribution in [3.05, 3.63) is 46.5 Å². The van der Waals surface area contributed by atoms with Crippen molar-refractivity contribution in [3.63, 3.8) is 0 Å². The Bertz CT molecular complexity index is 827. The summed E-state index contributed by atoms with van der Waals surface area (Å²) in [5, 5.41) is 16.6. The minimum atomic E-state index is -0.606. The van der Waals surface area contributed by atoms with Gasteiger partial charge in [-0.2, -0.15) is 5.26 Å². The van der Waals surface area contributed by atoms with E-state index in [-0.39, 0.29) is 11.6 Å². The normalized spacial score (nSPS) is 14.0. The van der Waals surface area contributed by atoms with Crippen LogP contribution in [0.25, 0.3) is 0 Å². The van der Waals surface area contributed by atoms with Crippen molar-refractivity contribution in [2.24, 2.45) is 5.73 Å². The Morgan fingerprint density at radius 1 is 1.29 bits per heavy atom. The third-order valence-corrected chi connectivity index (χ3v) is 4.58. The first-order chi connectivity index (χ1) is 13.4. The molecule has 0 atom stereocenters. The zero-order chi connectivity index (χ0) is 20.5. The van der Waals surface area contributed by atoms with Gasteiger partial charge in [0.15, 0.2) is 11.5 Å². The summed E-state index contributed by atoms with van der Waals surface area (Å²) >= 11 is 5.94. The largest absolute Gasteiger partial charge is 0.490 e. The molecule has 0 aliphatic heterocycles. The van der Waals surface area contributed by atoms with E-state index in [0.29, 0.717) is 22.5 Å². The lowest BCUT2D eigenvalue weighted by Crippen LogP contribution is -2.19. The minimum absolute atomic E-state index is 0.0967. The lowest BCUT2D eigenvalue weighted by Gasteiger charge is -2.23. The molecule has 1 aromatic heterocycles. The van der Waals surface area contributed by atoms with Crippen LogP contribution in [-0.4, -0.2) is 27.2 Å². The molecule has 1 fully saturated rings. The van der Waals surface area contributed by atoms with Gasteiger partial charge in [0.2, 0.25) is 0 Å². The smallest absolute Gasteiger partial charge is 0.270 e. The number of hydrogen-bond donors (Lipinski definition) is 1. The van der Waals surface area contributed by atoms with Gasteiger partial charge in [0.05, 0.1) is 22.9 Å². The van der Waals surface area contributed by atoms with E-state index in [1.54, 1.807) is 12.1 Å². The van der Waals surface area contributed by atoms with Crippen LogP contribution in [0.2, 0.25) is 5.02 Å². The number of halogens is 1. The highest BCUT2D eigenvalue weighted by molar-refractivity contribution is 6.31. The lowest BCUT2D eigenvalue weighted by molar-refractivity contribution is 0.0994. The summed E-state index contributed by atoms with van der Waals surface area (Å²) in [7, 11) is 0. The molecule has 1 aliphatic rings. The molecule has 0 radical (unpaired) electrons. The first kappa shape index (κ1) is 21.6. The fourth-order valence-corrected chi connectivity index (χ4v) is 2.91. The van der Waals surface area contributed by atoms with Crippen LogP contribution in [0.1, 0.15) is 73.7 Å². The Labute approximate surface area is 169 Å². The van der Waals surface area contributed by atoms with Crippen molar-refractivity contribution in [1.29, 1.82) is 5.26 Å². The van der Waals surface area contributed by atoms with Crippen molar-refractivity contribution in [3.8, 4) is 11.8 Å².